The molecular weight excluding hydrogens is 793 g/mol. The first-order valence-electron chi connectivity index (χ1n) is 24.0. The van der Waals surface area contributed by atoms with Gasteiger partial charge in [0.2, 0.25) is 0 Å². The summed E-state index contributed by atoms with van der Waals surface area (Å²) in [6.45, 7) is 36.8. The van der Waals surface area contributed by atoms with Crippen molar-refractivity contribution in [3.63, 3.8) is 0 Å². The Morgan fingerprint density at radius 1 is 0.631 bits per heavy atom. The van der Waals surface area contributed by atoms with E-state index in [0.29, 0.717) is 11.8 Å². The molecule has 5 nitrogen and oxygen atoms in total. The number of benzene rings is 5. The van der Waals surface area contributed by atoms with E-state index in [1.807, 2.05) is 6.20 Å². The summed E-state index contributed by atoms with van der Waals surface area (Å²) in [7, 11) is 0. The molecule has 5 aromatic carbocycles. The molecule has 5 heteroatoms. The molecule has 0 radical (unpaired) electrons. The number of aromatic nitrogens is 2. The van der Waals surface area contributed by atoms with Gasteiger partial charge in [-0.25, -0.2) is 4.98 Å². The van der Waals surface area contributed by atoms with Crippen LogP contribution in [0.5, 0.6) is 11.5 Å². The van der Waals surface area contributed by atoms with E-state index < -0.39 is 11.1 Å². The van der Waals surface area contributed by atoms with Gasteiger partial charge in [-0.2, -0.15) is 0 Å². The monoisotopic (exact) mass is 863 g/mol. The van der Waals surface area contributed by atoms with Gasteiger partial charge in [0.15, 0.2) is 0 Å². The standard InChI is InChI=1S/C60H70N4O/c1-35(2)40-28-41(56-62-59(15)34-42-26-38(7)39(8)27-51(42)60(59,16)64(56)55-47(36(3)4)18-17-19-48(55)37(5)6)30-46(29-40)65-45-21-22-49-50-31-43(57(9,10)11)20-23-52(50)63(53(49)33-45)54-32-44(24-25-61-54)58(12,13)14/h17-33,35-37H,34H2,1-16H3/t59-,60+/m1/s1. The fourth-order valence-electron chi connectivity index (χ4n) is 10.7. The van der Waals surface area contributed by atoms with Gasteiger partial charge in [0.1, 0.15) is 23.2 Å². The molecule has 0 unspecified atom stereocenters. The first-order valence-corrected chi connectivity index (χ1v) is 24.0. The third kappa shape index (κ3) is 7.29. The molecule has 2 aromatic heterocycles. The number of pyridine rings is 1. The van der Waals surface area contributed by atoms with Gasteiger partial charge < -0.3 is 9.64 Å². The number of hydrogen-bond acceptors (Lipinski definition) is 4. The van der Waals surface area contributed by atoms with Crippen molar-refractivity contribution in [2.75, 3.05) is 4.90 Å². The average Bonchev–Trinajstić information content (AvgIpc) is 3.76. The van der Waals surface area contributed by atoms with Crippen molar-refractivity contribution in [3.8, 4) is 17.3 Å². The zero-order valence-electron chi connectivity index (χ0n) is 42.0. The highest BCUT2D eigenvalue weighted by atomic mass is 16.5. The molecule has 1 aliphatic carbocycles. The van der Waals surface area contributed by atoms with Crippen LogP contribution in [0.1, 0.15) is 170 Å². The number of para-hydroxylation sites is 1. The molecule has 2 atom stereocenters. The maximum atomic E-state index is 7.11. The fourth-order valence-corrected chi connectivity index (χ4v) is 10.7. The molecule has 0 amide bonds. The Bertz CT molecular complexity index is 3030. The van der Waals surface area contributed by atoms with Gasteiger partial charge in [-0.3, -0.25) is 9.56 Å². The molecule has 0 spiro atoms. The highest BCUT2D eigenvalue weighted by Gasteiger charge is 2.61. The molecule has 2 aliphatic rings. The number of ether oxygens (including phenoxy) is 1. The molecule has 0 bridgehead atoms. The third-order valence-corrected chi connectivity index (χ3v) is 14.9. The van der Waals surface area contributed by atoms with Crippen LogP contribution in [-0.4, -0.2) is 20.9 Å². The largest absolute Gasteiger partial charge is 0.457 e. The summed E-state index contributed by atoms with van der Waals surface area (Å²) in [6, 6.07) is 36.5. The number of aryl methyl sites for hydroxylation is 2. The average molecular weight is 863 g/mol. The summed E-state index contributed by atoms with van der Waals surface area (Å²) >= 11 is 0. The SMILES string of the molecule is Cc1cc2c(cc1C)[C@]1(C)N(c3c(C(C)C)cccc3C(C)C)C(c3cc(Oc4ccc5c6cc(C(C)(C)C)ccc6n(-c6cc(C(C)(C)C)ccn6)c5c4)cc(C(C)C)c3)=N[C@]1(C)C2. The first-order chi connectivity index (χ1) is 30.5. The van der Waals surface area contributed by atoms with Gasteiger partial charge in [-0.15, -0.1) is 0 Å². The van der Waals surface area contributed by atoms with Crippen LogP contribution >= 0.6 is 0 Å². The fraction of sp³-hybridized carbons (Fsp3) is 0.400. The molecule has 0 fully saturated rings. The van der Waals surface area contributed by atoms with Crippen LogP contribution in [0.15, 0.2) is 108 Å². The van der Waals surface area contributed by atoms with E-state index in [9.17, 15) is 0 Å². The summed E-state index contributed by atoms with van der Waals surface area (Å²) in [5, 5.41) is 2.39. The van der Waals surface area contributed by atoms with Gasteiger partial charge in [-0.1, -0.05) is 119 Å². The molecule has 1 aliphatic heterocycles. The van der Waals surface area contributed by atoms with E-state index in [2.05, 4.69) is 217 Å². The Labute approximate surface area is 389 Å². The number of amidine groups is 1. The van der Waals surface area contributed by atoms with Crippen molar-refractivity contribution >= 4 is 33.3 Å². The number of anilines is 1. The van der Waals surface area contributed by atoms with Gasteiger partial charge in [0.05, 0.1) is 27.8 Å². The lowest BCUT2D eigenvalue weighted by atomic mass is 9.78. The predicted molar refractivity (Wildman–Crippen MR) is 276 cm³/mol. The van der Waals surface area contributed by atoms with Gasteiger partial charge in [0, 0.05) is 35.0 Å². The van der Waals surface area contributed by atoms with Crippen molar-refractivity contribution in [3.05, 3.63) is 159 Å². The summed E-state index contributed by atoms with van der Waals surface area (Å²) in [5.74, 6) is 4.41. The van der Waals surface area contributed by atoms with Crippen LogP contribution < -0.4 is 9.64 Å². The highest BCUT2D eigenvalue weighted by Crippen LogP contribution is 2.58. The van der Waals surface area contributed by atoms with Crippen molar-refractivity contribution in [1.82, 2.24) is 9.55 Å². The van der Waals surface area contributed by atoms with Crippen LogP contribution in [0.25, 0.3) is 27.6 Å². The second-order valence-corrected chi connectivity index (χ2v) is 22.7. The lowest BCUT2D eigenvalue weighted by molar-refractivity contribution is 0.321. The quantitative estimate of drug-likeness (QED) is 0.153. The van der Waals surface area contributed by atoms with E-state index in [0.717, 1.165) is 46.2 Å². The van der Waals surface area contributed by atoms with Crippen LogP contribution in [0.4, 0.5) is 5.69 Å². The lowest BCUT2D eigenvalue weighted by Crippen LogP contribution is -2.52. The number of hydrogen-bond donors (Lipinski definition) is 0. The van der Waals surface area contributed by atoms with Crippen LogP contribution in [0.3, 0.4) is 0 Å². The van der Waals surface area contributed by atoms with Crippen LogP contribution in [0, 0.1) is 13.8 Å². The molecule has 0 N–H and O–H groups in total. The summed E-state index contributed by atoms with van der Waals surface area (Å²) in [5.41, 5.74) is 15.7. The van der Waals surface area contributed by atoms with Crippen LogP contribution in [0.2, 0.25) is 0 Å². The van der Waals surface area contributed by atoms with E-state index in [-0.39, 0.29) is 16.7 Å². The van der Waals surface area contributed by atoms with Gasteiger partial charge >= 0.3 is 0 Å². The first kappa shape index (κ1) is 44.5. The molecule has 9 rings (SSSR count). The third-order valence-electron chi connectivity index (χ3n) is 14.9. The number of aliphatic imine (C=N–C) groups is 1. The second-order valence-electron chi connectivity index (χ2n) is 22.7. The Hall–Kier alpha value is -5.68. The minimum absolute atomic E-state index is 0.0104. The number of rotatable bonds is 8. The molecular formula is C60H70N4O. The maximum Gasteiger partial charge on any atom is 0.137 e. The number of nitrogens with zero attached hydrogens (tertiary/aromatic N) is 4. The molecule has 65 heavy (non-hydrogen) atoms. The smallest absolute Gasteiger partial charge is 0.137 e. The van der Waals surface area contributed by atoms with E-state index in [4.69, 9.17) is 14.7 Å². The minimum atomic E-state index is -0.427. The predicted octanol–water partition coefficient (Wildman–Crippen LogP) is 16.1. The Kier molecular flexibility index (Phi) is 10.6. The van der Waals surface area contributed by atoms with E-state index in [1.54, 1.807) is 0 Å². The molecule has 7 aromatic rings. The Morgan fingerprint density at radius 2 is 1.29 bits per heavy atom. The lowest BCUT2D eigenvalue weighted by Gasteiger charge is -2.44. The Morgan fingerprint density at radius 3 is 1.94 bits per heavy atom. The zero-order valence-corrected chi connectivity index (χ0v) is 42.0. The highest BCUT2D eigenvalue weighted by molar-refractivity contribution is 6.15. The normalized spacial score (nSPS) is 18.7. The summed E-state index contributed by atoms with van der Waals surface area (Å²) in [6.07, 6.45) is 2.83. The maximum absolute atomic E-state index is 7.11. The second kappa shape index (κ2) is 15.5. The van der Waals surface area contributed by atoms with Crippen molar-refractivity contribution in [2.24, 2.45) is 4.99 Å². The zero-order chi connectivity index (χ0) is 46.7. The summed E-state index contributed by atoms with van der Waals surface area (Å²) in [4.78, 5) is 13.6. The van der Waals surface area contributed by atoms with Crippen molar-refractivity contribution < 1.29 is 4.74 Å². The van der Waals surface area contributed by atoms with E-state index in [1.165, 1.54) is 66.5 Å². The number of fused-ring (bicyclic) bond motifs is 6. The van der Waals surface area contributed by atoms with Crippen LogP contribution in [-0.2, 0) is 22.8 Å². The molecule has 0 saturated carbocycles. The summed E-state index contributed by atoms with van der Waals surface area (Å²) < 4.78 is 9.43. The Balaban J connectivity index is 1.23. The molecule has 0 saturated heterocycles. The van der Waals surface area contributed by atoms with Gasteiger partial charge in [-0.05, 0) is 161 Å². The topological polar surface area (TPSA) is 42.6 Å². The van der Waals surface area contributed by atoms with Gasteiger partial charge in [0.25, 0.3) is 0 Å². The van der Waals surface area contributed by atoms with E-state index >= 15 is 0 Å². The molecule has 3 heterocycles. The molecule has 336 valence electrons. The van der Waals surface area contributed by atoms with Crippen molar-refractivity contribution in [1.29, 1.82) is 0 Å². The minimum Gasteiger partial charge on any atom is -0.457 e. The van der Waals surface area contributed by atoms with Crippen molar-refractivity contribution in [2.45, 2.75) is 157 Å².